The van der Waals surface area contributed by atoms with Gasteiger partial charge in [0.05, 0.1) is 11.4 Å². The van der Waals surface area contributed by atoms with Crippen molar-refractivity contribution in [3.63, 3.8) is 0 Å². The van der Waals surface area contributed by atoms with Gasteiger partial charge in [0.15, 0.2) is 0 Å². The van der Waals surface area contributed by atoms with Crippen molar-refractivity contribution in [3.05, 3.63) is 52.7 Å². The highest BCUT2D eigenvalue weighted by Gasteiger charge is 2.15. The molecular weight excluding hydrogens is 378 g/mol. The molecule has 25 heavy (non-hydrogen) atoms. The van der Waals surface area contributed by atoms with Gasteiger partial charge in [0, 0.05) is 29.1 Å². The van der Waals surface area contributed by atoms with Crippen LogP contribution in [0.4, 0.5) is 0 Å². The van der Waals surface area contributed by atoms with Crippen molar-refractivity contribution < 1.29 is 9.32 Å². The third-order valence-electron chi connectivity index (χ3n) is 3.41. The summed E-state index contributed by atoms with van der Waals surface area (Å²) in [5.74, 6) is 1.74. The highest BCUT2D eigenvalue weighted by molar-refractivity contribution is 7.99. The van der Waals surface area contributed by atoms with E-state index in [0.717, 1.165) is 9.77 Å². The zero-order valence-corrected chi connectivity index (χ0v) is 15.9. The highest BCUT2D eigenvalue weighted by atomic mass is 35.5. The molecule has 0 radical (unpaired) electrons. The normalized spacial score (nSPS) is 10.8. The molecule has 0 saturated carbocycles. The summed E-state index contributed by atoms with van der Waals surface area (Å²) in [6.07, 6.45) is 0.440. The first-order chi connectivity index (χ1) is 12.1. The van der Waals surface area contributed by atoms with Gasteiger partial charge >= 0.3 is 0 Å². The van der Waals surface area contributed by atoms with Crippen LogP contribution in [0.15, 0.2) is 51.2 Å². The smallest absolute Gasteiger partial charge is 0.246 e. The zero-order valence-electron chi connectivity index (χ0n) is 13.5. The molecule has 0 fully saturated rings. The summed E-state index contributed by atoms with van der Waals surface area (Å²) in [6.45, 7) is 0.308. The van der Waals surface area contributed by atoms with Crippen LogP contribution in [0.2, 0.25) is 5.02 Å². The lowest BCUT2D eigenvalue weighted by atomic mass is 10.4. The molecule has 0 unspecified atom stereocenters. The monoisotopic (exact) mass is 393 g/mol. The standard InChI is InChI=1S/C17H16ClN3O2S2/c1-21(11-15-19-17(20-23-15)14-3-2-9-25-14)16(22)8-10-24-13-6-4-12(18)5-7-13/h2-7,9H,8,10-11H2,1H3. The number of thiophene rings is 1. The Bertz CT molecular complexity index is 819. The zero-order chi connectivity index (χ0) is 17.6. The topological polar surface area (TPSA) is 59.2 Å². The molecule has 0 aliphatic rings. The number of carbonyl (C=O) groups is 1. The first-order valence-electron chi connectivity index (χ1n) is 7.60. The minimum Gasteiger partial charge on any atom is -0.337 e. The summed E-state index contributed by atoms with van der Waals surface area (Å²) in [7, 11) is 1.74. The summed E-state index contributed by atoms with van der Waals surface area (Å²) in [4.78, 5) is 20.2. The minimum absolute atomic E-state index is 0.0392. The van der Waals surface area contributed by atoms with E-state index < -0.39 is 0 Å². The molecule has 130 valence electrons. The van der Waals surface area contributed by atoms with Gasteiger partial charge in [-0.15, -0.1) is 23.1 Å². The first-order valence-corrected chi connectivity index (χ1v) is 9.85. The van der Waals surface area contributed by atoms with Crippen molar-refractivity contribution in [3.8, 4) is 10.7 Å². The van der Waals surface area contributed by atoms with E-state index in [1.165, 1.54) is 0 Å². The van der Waals surface area contributed by atoms with Gasteiger partial charge in [0.1, 0.15) is 0 Å². The molecule has 0 atom stereocenters. The van der Waals surface area contributed by atoms with E-state index >= 15 is 0 Å². The van der Waals surface area contributed by atoms with E-state index in [0.29, 0.717) is 35.5 Å². The fourth-order valence-electron chi connectivity index (χ4n) is 2.09. The van der Waals surface area contributed by atoms with Gasteiger partial charge in [-0.3, -0.25) is 4.79 Å². The highest BCUT2D eigenvalue weighted by Crippen LogP contribution is 2.22. The van der Waals surface area contributed by atoms with Gasteiger partial charge in [-0.2, -0.15) is 4.98 Å². The predicted molar refractivity (Wildman–Crippen MR) is 101 cm³/mol. The van der Waals surface area contributed by atoms with Gasteiger partial charge in [-0.25, -0.2) is 0 Å². The van der Waals surface area contributed by atoms with Crippen LogP contribution < -0.4 is 0 Å². The number of nitrogens with zero attached hydrogens (tertiary/aromatic N) is 3. The Balaban J connectivity index is 1.46. The Kier molecular flexibility index (Phi) is 6.12. The van der Waals surface area contributed by atoms with Gasteiger partial charge in [0.2, 0.25) is 17.6 Å². The van der Waals surface area contributed by atoms with Crippen LogP contribution in [0.1, 0.15) is 12.3 Å². The molecule has 0 bridgehead atoms. The molecule has 8 heteroatoms. The number of hydrogen-bond donors (Lipinski definition) is 0. The van der Waals surface area contributed by atoms with Crippen molar-refractivity contribution in [1.29, 1.82) is 0 Å². The molecule has 5 nitrogen and oxygen atoms in total. The van der Waals surface area contributed by atoms with E-state index in [1.807, 2.05) is 41.8 Å². The van der Waals surface area contributed by atoms with E-state index in [2.05, 4.69) is 10.1 Å². The number of carbonyl (C=O) groups excluding carboxylic acids is 1. The van der Waals surface area contributed by atoms with Crippen LogP contribution in [-0.2, 0) is 11.3 Å². The second-order valence-electron chi connectivity index (χ2n) is 5.29. The molecule has 2 aromatic heterocycles. The fraction of sp³-hybridized carbons (Fsp3) is 0.235. The Hall–Kier alpha value is -1.83. The van der Waals surface area contributed by atoms with E-state index in [-0.39, 0.29) is 5.91 Å². The van der Waals surface area contributed by atoms with Gasteiger partial charge in [-0.1, -0.05) is 22.8 Å². The Morgan fingerprint density at radius 3 is 2.84 bits per heavy atom. The number of halogens is 1. The SMILES string of the molecule is CN(Cc1nc(-c2cccs2)no1)C(=O)CCSc1ccc(Cl)cc1. The summed E-state index contributed by atoms with van der Waals surface area (Å²) >= 11 is 9.03. The lowest BCUT2D eigenvalue weighted by molar-refractivity contribution is -0.130. The van der Waals surface area contributed by atoms with Gasteiger partial charge in [0.25, 0.3) is 0 Å². The van der Waals surface area contributed by atoms with Crippen LogP contribution in [-0.4, -0.2) is 33.7 Å². The number of hydrogen-bond acceptors (Lipinski definition) is 6. The Morgan fingerprint density at radius 2 is 2.12 bits per heavy atom. The molecule has 0 aliphatic heterocycles. The van der Waals surface area contributed by atoms with E-state index in [9.17, 15) is 4.79 Å². The maximum Gasteiger partial charge on any atom is 0.246 e. The number of aromatic nitrogens is 2. The van der Waals surface area contributed by atoms with Crippen LogP contribution >= 0.6 is 34.7 Å². The third kappa shape index (κ3) is 5.07. The lowest BCUT2D eigenvalue weighted by Crippen LogP contribution is -2.26. The molecule has 0 N–H and O–H groups in total. The summed E-state index contributed by atoms with van der Waals surface area (Å²) in [5, 5.41) is 6.62. The summed E-state index contributed by atoms with van der Waals surface area (Å²) in [6, 6.07) is 11.5. The van der Waals surface area contributed by atoms with Crippen molar-refractivity contribution in [2.45, 2.75) is 17.9 Å². The second kappa shape index (κ2) is 8.51. The maximum atomic E-state index is 12.2. The molecule has 3 aromatic rings. The van der Waals surface area contributed by atoms with Crippen molar-refractivity contribution >= 4 is 40.6 Å². The first kappa shape index (κ1) is 18.0. The second-order valence-corrected chi connectivity index (χ2v) is 7.84. The molecular formula is C17H16ClN3O2S2. The molecule has 3 rings (SSSR count). The predicted octanol–water partition coefficient (Wildman–Crippen LogP) is 4.59. The summed E-state index contributed by atoms with van der Waals surface area (Å²) < 4.78 is 5.23. The molecule has 0 aliphatic carbocycles. The Labute approximate surface area is 159 Å². The third-order valence-corrected chi connectivity index (χ3v) is 5.54. The van der Waals surface area contributed by atoms with Crippen LogP contribution in [0.25, 0.3) is 10.7 Å². The average Bonchev–Trinajstić information content (AvgIpc) is 3.27. The lowest BCUT2D eigenvalue weighted by Gasteiger charge is -2.14. The number of benzene rings is 1. The van der Waals surface area contributed by atoms with Crippen LogP contribution in [0.3, 0.4) is 0 Å². The quantitative estimate of drug-likeness (QED) is 0.549. The Morgan fingerprint density at radius 1 is 1.32 bits per heavy atom. The van der Waals surface area contributed by atoms with E-state index in [4.69, 9.17) is 16.1 Å². The van der Waals surface area contributed by atoms with Crippen molar-refractivity contribution in [2.75, 3.05) is 12.8 Å². The molecule has 1 amide bonds. The van der Waals surface area contributed by atoms with E-state index in [1.54, 1.807) is 35.0 Å². The number of thioether (sulfide) groups is 1. The number of rotatable bonds is 7. The molecule has 0 spiro atoms. The van der Waals surface area contributed by atoms with Crippen LogP contribution in [0, 0.1) is 0 Å². The van der Waals surface area contributed by atoms with Gasteiger partial charge in [-0.05, 0) is 35.7 Å². The molecule has 2 heterocycles. The molecule has 1 aromatic carbocycles. The van der Waals surface area contributed by atoms with Gasteiger partial charge < -0.3 is 9.42 Å². The largest absolute Gasteiger partial charge is 0.337 e. The summed E-state index contributed by atoms with van der Waals surface area (Å²) in [5.41, 5.74) is 0. The molecule has 0 saturated heterocycles. The van der Waals surface area contributed by atoms with Crippen molar-refractivity contribution in [1.82, 2.24) is 15.0 Å². The maximum absolute atomic E-state index is 12.2. The number of amides is 1. The fourth-order valence-corrected chi connectivity index (χ4v) is 3.71. The van der Waals surface area contributed by atoms with Crippen molar-refractivity contribution in [2.24, 2.45) is 0 Å². The minimum atomic E-state index is 0.0392. The average molecular weight is 394 g/mol. The van der Waals surface area contributed by atoms with Crippen LogP contribution in [0.5, 0.6) is 0 Å².